The molecule has 0 bridgehead atoms. The van der Waals surface area contributed by atoms with E-state index in [4.69, 9.17) is 11.5 Å². The van der Waals surface area contributed by atoms with Gasteiger partial charge in [-0.15, -0.1) is 0 Å². The molecular weight excluding hydrogens is 362 g/mol. The van der Waals surface area contributed by atoms with Crippen LogP contribution in [0, 0.1) is 11.8 Å². The third-order valence-electron chi connectivity index (χ3n) is 6.17. The third-order valence-corrected chi connectivity index (χ3v) is 6.17. The molecule has 1 saturated carbocycles. The largest absolute Gasteiger partial charge is 0.364 e. The second-order valence-electron chi connectivity index (χ2n) is 8.10. The number of imide groups is 1. The number of nitrogens with two attached hydrogens (primary N) is 2. The number of nitrogens with zero attached hydrogens (tertiary/aromatic N) is 2. The predicted octanol–water partition coefficient (Wildman–Crippen LogP) is -0.197. The molecule has 0 radical (unpaired) electrons. The smallest absolute Gasteiger partial charge is 0.338 e. The molecule has 0 spiro atoms. The molecule has 1 aromatic heterocycles. The summed E-state index contributed by atoms with van der Waals surface area (Å²) in [5, 5.41) is 0. The van der Waals surface area contributed by atoms with Crippen molar-refractivity contribution >= 4 is 23.5 Å². The minimum atomic E-state index is -0.990. The number of amides is 3. The van der Waals surface area contributed by atoms with Crippen LogP contribution in [-0.2, 0) is 25.6 Å². The van der Waals surface area contributed by atoms with Crippen molar-refractivity contribution in [3.05, 3.63) is 18.2 Å². The number of aromatic nitrogens is 2. The van der Waals surface area contributed by atoms with Crippen molar-refractivity contribution in [1.29, 1.82) is 0 Å². The molecule has 2 aliphatic rings. The van der Waals surface area contributed by atoms with Crippen molar-refractivity contribution in [2.45, 2.75) is 57.5 Å². The van der Waals surface area contributed by atoms with Crippen molar-refractivity contribution in [3.8, 4) is 0 Å². The first kappa shape index (κ1) is 20.3. The van der Waals surface area contributed by atoms with E-state index >= 15 is 0 Å². The Hall–Kier alpha value is -2.39. The van der Waals surface area contributed by atoms with E-state index in [1.807, 2.05) is 6.92 Å². The predicted molar refractivity (Wildman–Crippen MR) is 99.1 cm³/mol. The van der Waals surface area contributed by atoms with E-state index in [1.54, 1.807) is 6.20 Å². The highest BCUT2D eigenvalue weighted by Crippen LogP contribution is 2.38. The number of nitrogens with one attached hydrogen (secondary N) is 1. The number of carbonyl (C=O) groups is 4. The average Bonchev–Trinajstić information content (AvgIpc) is 3.28. The molecule has 3 unspecified atom stereocenters. The molecule has 2 heterocycles. The highest BCUT2D eigenvalue weighted by atomic mass is 16.2. The second-order valence-corrected chi connectivity index (χ2v) is 8.10. The van der Waals surface area contributed by atoms with Gasteiger partial charge in [-0.3, -0.25) is 9.59 Å². The Morgan fingerprint density at radius 3 is 2.71 bits per heavy atom. The van der Waals surface area contributed by atoms with Crippen LogP contribution in [0.2, 0.25) is 0 Å². The highest BCUT2D eigenvalue weighted by molar-refractivity contribution is 5.95. The monoisotopic (exact) mass is 390 g/mol. The van der Waals surface area contributed by atoms with E-state index in [0.717, 1.165) is 0 Å². The summed E-state index contributed by atoms with van der Waals surface area (Å²) in [6, 6.07) is -1.94. The normalized spacial score (nSPS) is 31.5. The van der Waals surface area contributed by atoms with Gasteiger partial charge in [0.1, 0.15) is 11.8 Å². The van der Waals surface area contributed by atoms with E-state index in [9.17, 15) is 19.2 Å². The van der Waals surface area contributed by atoms with Gasteiger partial charge in [0.2, 0.25) is 0 Å². The van der Waals surface area contributed by atoms with Crippen LogP contribution < -0.4 is 11.5 Å². The average molecular weight is 390 g/mol. The molecule has 0 aromatic carbocycles. The molecule has 3 rings (SSSR count). The van der Waals surface area contributed by atoms with Gasteiger partial charge in [0.05, 0.1) is 18.8 Å². The number of rotatable bonds is 5. The molecule has 28 heavy (non-hydrogen) atoms. The number of quaternary nitrogens is 1. The number of H-pyrrole nitrogens is 1. The Bertz CT molecular complexity index is 777. The fourth-order valence-corrected chi connectivity index (χ4v) is 4.82. The molecular formula is C19H28N5O4+. The Morgan fingerprint density at radius 1 is 1.36 bits per heavy atom. The van der Waals surface area contributed by atoms with Gasteiger partial charge in [0.15, 0.2) is 6.04 Å². The molecule has 9 heteroatoms. The van der Waals surface area contributed by atoms with Crippen LogP contribution in [0.3, 0.4) is 0 Å². The van der Waals surface area contributed by atoms with Crippen molar-refractivity contribution in [2.75, 3.05) is 6.54 Å². The lowest BCUT2D eigenvalue weighted by Gasteiger charge is -2.38. The first-order chi connectivity index (χ1) is 13.3. The van der Waals surface area contributed by atoms with Crippen molar-refractivity contribution in [3.63, 3.8) is 0 Å². The van der Waals surface area contributed by atoms with E-state index < -0.39 is 34.3 Å². The Morgan fingerprint density at radius 2 is 2.11 bits per heavy atom. The van der Waals surface area contributed by atoms with Crippen molar-refractivity contribution in [2.24, 2.45) is 23.3 Å². The van der Waals surface area contributed by atoms with E-state index in [1.165, 1.54) is 6.33 Å². The fraction of sp³-hybridized carbons (Fsp3) is 0.632. The quantitative estimate of drug-likeness (QED) is 0.593. The van der Waals surface area contributed by atoms with Gasteiger partial charge < -0.3 is 16.5 Å². The van der Waals surface area contributed by atoms with Gasteiger partial charge in [-0.2, -0.15) is 4.48 Å². The molecule has 9 nitrogen and oxygen atoms in total. The van der Waals surface area contributed by atoms with Gasteiger partial charge in [-0.25, -0.2) is 14.6 Å². The maximum absolute atomic E-state index is 13.6. The van der Waals surface area contributed by atoms with Crippen molar-refractivity contribution < 1.29 is 23.7 Å². The Labute approximate surface area is 163 Å². The summed E-state index contributed by atoms with van der Waals surface area (Å²) in [7, 11) is 0. The molecule has 1 aliphatic heterocycles. The summed E-state index contributed by atoms with van der Waals surface area (Å²) >= 11 is 0. The van der Waals surface area contributed by atoms with Crippen LogP contribution in [0.15, 0.2) is 12.5 Å². The number of imidazole rings is 1. The van der Waals surface area contributed by atoms with E-state index in [-0.39, 0.29) is 37.0 Å². The van der Waals surface area contributed by atoms with Gasteiger partial charge in [0, 0.05) is 43.5 Å². The molecule has 2 fully saturated rings. The molecule has 3 amide bonds. The number of Topliss-reactive ketones (excluding diaryl/α,β-unsaturated/α-hetero) is 1. The van der Waals surface area contributed by atoms with Crippen LogP contribution in [0.5, 0.6) is 0 Å². The van der Waals surface area contributed by atoms with Gasteiger partial charge in [-0.1, -0.05) is 6.92 Å². The first-order valence-electron chi connectivity index (χ1n) is 9.77. The molecule has 1 aromatic rings. The summed E-state index contributed by atoms with van der Waals surface area (Å²) in [5.41, 5.74) is 12.5. The number of ketones is 1. The van der Waals surface area contributed by atoms with Crippen molar-refractivity contribution in [1.82, 2.24) is 9.97 Å². The maximum Gasteiger partial charge on any atom is 0.338 e. The van der Waals surface area contributed by atoms with Gasteiger partial charge in [-0.05, 0) is 12.8 Å². The van der Waals surface area contributed by atoms with Crippen LogP contribution in [0.1, 0.15) is 44.7 Å². The summed E-state index contributed by atoms with van der Waals surface area (Å²) < 4.78 is -0.663. The zero-order chi connectivity index (χ0) is 20.5. The lowest BCUT2D eigenvalue weighted by Crippen LogP contribution is -2.69. The molecule has 152 valence electrons. The number of carbonyl (C=O) groups excluding carboxylic acids is 4. The third kappa shape index (κ3) is 3.51. The van der Waals surface area contributed by atoms with Crippen LogP contribution in [0.25, 0.3) is 0 Å². The van der Waals surface area contributed by atoms with Gasteiger partial charge >= 0.3 is 11.8 Å². The summed E-state index contributed by atoms with van der Waals surface area (Å²) in [6.45, 7) is 2.01. The number of hydrogen-bond donors (Lipinski definition) is 3. The molecule has 1 aliphatic carbocycles. The second kappa shape index (κ2) is 7.92. The number of hydrogen-bond acceptors (Lipinski definition) is 6. The molecule has 5 atom stereocenters. The Kier molecular flexibility index (Phi) is 5.76. The highest BCUT2D eigenvalue weighted by Gasteiger charge is 2.62. The molecule has 1 saturated heterocycles. The standard InChI is InChI=1S/C19H27N5O4/c1-11-5-6-24(16(11)17(21)26,18(27)12-3-2-4-14(25)7-12)19(28)15(20)8-13-9-22-10-23-13/h9-12,15-16H,2-8,20H2,1H3,(H2-,21,22,23,26)/p+1/t11?,12?,15-,16-,24?/m0/s1. The zero-order valence-electron chi connectivity index (χ0n) is 16.1. The van der Waals surface area contributed by atoms with E-state index in [0.29, 0.717) is 31.4 Å². The summed E-state index contributed by atoms with van der Waals surface area (Å²) in [4.78, 5) is 58.1. The van der Waals surface area contributed by atoms with Crippen LogP contribution in [-0.4, -0.2) is 56.6 Å². The summed E-state index contributed by atoms with van der Waals surface area (Å²) in [5.74, 6) is -2.35. The Balaban J connectivity index is 1.96. The molecule has 5 N–H and O–H groups in total. The minimum Gasteiger partial charge on any atom is -0.364 e. The van der Waals surface area contributed by atoms with E-state index in [2.05, 4.69) is 9.97 Å². The van der Waals surface area contributed by atoms with Gasteiger partial charge in [0.25, 0.3) is 5.91 Å². The van der Waals surface area contributed by atoms with Crippen LogP contribution >= 0.6 is 0 Å². The fourth-order valence-electron chi connectivity index (χ4n) is 4.82. The lowest BCUT2D eigenvalue weighted by molar-refractivity contribution is -0.786. The zero-order valence-corrected chi connectivity index (χ0v) is 16.1. The first-order valence-corrected chi connectivity index (χ1v) is 9.77. The SMILES string of the molecule is CC1CC[N+](C(=O)C2CCCC(=O)C2)(C(=O)[C@@H](N)Cc2cnc[nH]2)[C@@H]1C(N)=O. The summed E-state index contributed by atoms with van der Waals surface area (Å²) in [6.07, 6.45) is 5.46. The minimum absolute atomic E-state index is 0.0137. The number of likely N-dealkylation sites (tertiary alicyclic amines) is 1. The number of primary amides is 1. The topological polar surface area (TPSA) is 149 Å². The van der Waals surface area contributed by atoms with Crippen LogP contribution in [0.4, 0.5) is 0 Å². The number of aromatic amines is 1. The lowest BCUT2D eigenvalue weighted by atomic mass is 9.85. The maximum atomic E-state index is 13.6.